The standard InChI is InChI=1S/C14H13BrFN3S/c1-2-17-14-11-6-20-7-12(11)18-13(19-14)8-3-9(15)5-10(16)4-8/h3-5H,2,6-7H2,1H3,(H,17,18,19). The van der Waals surface area contributed by atoms with Crippen molar-refractivity contribution in [1.82, 2.24) is 9.97 Å². The highest BCUT2D eigenvalue weighted by Gasteiger charge is 2.20. The predicted molar refractivity (Wildman–Crippen MR) is 84.3 cm³/mol. The van der Waals surface area contributed by atoms with Gasteiger partial charge < -0.3 is 5.32 Å². The smallest absolute Gasteiger partial charge is 0.161 e. The Morgan fingerprint density at radius 2 is 2.15 bits per heavy atom. The van der Waals surface area contributed by atoms with Gasteiger partial charge in [-0.05, 0) is 25.1 Å². The highest BCUT2D eigenvalue weighted by atomic mass is 79.9. The molecule has 0 radical (unpaired) electrons. The monoisotopic (exact) mass is 353 g/mol. The molecule has 0 amide bonds. The van der Waals surface area contributed by atoms with Crippen LogP contribution in [-0.4, -0.2) is 16.5 Å². The third-order valence-corrected chi connectivity index (χ3v) is 4.47. The summed E-state index contributed by atoms with van der Waals surface area (Å²) in [6.45, 7) is 2.84. The zero-order chi connectivity index (χ0) is 14.1. The van der Waals surface area contributed by atoms with Crippen LogP contribution >= 0.6 is 27.7 Å². The van der Waals surface area contributed by atoms with Gasteiger partial charge >= 0.3 is 0 Å². The Bertz CT molecular complexity index is 643. The molecule has 1 aromatic heterocycles. The van der Waals surface area contributed by atoms with Gasteiger partial charge in [0.25, 0.3) is 0 Å². The average molecular weight is 354 g/mol. The van der Waals surface area contributed by atoms with Crippen molar-refractivity contribution in [1.29, 1.82) is 0 Å². The Hall–Kier alpha value is -1.14. The van der Waals surface area contributed by atoms with Crippen molar-refractivity contribution in [3.05, 3.63) is 39.7 Å². The third-order valence-electron chi connectivity index (χ3n) is 3.04. The number of halogens is 2. The molecule has 0 spiro atoms. The number of aromatic nitrogens is 2. The summed E-state index contributed by atoms with van der Waals surface area (Å²) in [4.78, 5) is 9.15. The second-order valence-corrected chi connectivity index (χ2v) is 6.40. The van der Waals surface area contributed by atoms with E-state index in [1.54, 1.807) is 0 Å². The zero-order valence-corrected chi connectivity index (χ0v) is 13.3. The molecule has 0 bridgehead atoms. The fourth-order valence-corrected chi connectivity index (χ4v) is 3.68. The minimum atomic E-state index is -0.294. The number of nitrogens with one attached hydrogen (secondary N) is 1. The molecular weight excluding hydrogens is 341 g/mol. The van der Waals surface area contributed by atoms with Crippen LogP contribution < -0.4 is 5.32 Å². The van der Waals surface area contributed by atoms with Crippen molar-refractivity contribution >= 4 is 33.5 Å². The van der Waals surface area contributed by atoms with E-state index in [1.165, 1.54) is 17.7 Å². The quantitative estimate of drug-likeness (QED) is 0.896. The van der Waals surface area contributed by atoms with Gasteiger partial charge in [-0.2, -0.15) is 11.8 Å². The molecule has 1 aliphatic rings. The van der Waals surface area contributed by atoms with E-state index in [-0.39, 0.29) is 5.82 Å². The molecule has 2 aromatic rings. The molecule has 0 saturated carbocycles. The first-order chi connectivity index (χ1) is 9.67. The van der Waals surface area contributed by atoms with E-state index in [0.717, 1.165) is 29.6 Å². The lowest BCUT2D eigenvalue weighted by atomic mass is 10.2. The maximum atomic E-state index is 13.5. The first-order valence-electron chi connectivity index (χ1n) is 6.35. The lowest BCUT2D eigenvalue weighted by molar-refractivity contribution is 0.627. The Kier molecular flexibility index (Phi) is 3.94. The van der Waals surface area contributed by atoms with Crippen molar-refractivity contribution in [2.75, 3.05) is 11.9 Å². The number of thioether (sulfide) groups is 1. The molecule has 3 nitrogen and oxygen atoms in total. The molecular formula is C14H13BrFN3S. The van der Waals surface area contributed by atoms with Gasteiger partial charge in [-0.25, -0.2) is 14.4 Å². The minimum Gasteiger partial charge on any atom is -0.370 e. The van der Waals surface area contributed by atoms with Gasteiger partial charge in [0, 0.05) is 33.7 Å². The van der Waals surface area contributed by atoms with Crippen molar-refractivity contribution in [2.24, 2.45) is 0 Å². The number of rotatable bonds is 3. The largest absolute Gasteiger partial charge is 0.370 e. The fraction of sp³-hybridized carbons (Fsp3) is 0.286. The van der Waals surface area contributed by atoms with Gasteiger partial charge in [0.2, 0.25) is 0 Å². The Morgan fingerprint density at radius 3 is 2.90 bits per heavy atom. The normalized spacial score (nSPS) is 13.3. The summed E-state index contributed by atoms with van der Waals surface area (Å²) in [5.41, 5.74) is 2.92. The maximum Gasteiger partial charge on any atom is 0.161 e. The number of fused-ring (bicyclic) bond motifs is 1. The van der Waals surface area contributed by atoms with Gasteiger partial charge in [-0.1, -0.05) is 15.9 Å². The van der Waals surface area contributed by atoms with Gasteiger partial charge in [-0.15, -0.1) is 0 Å². The van der Waals surface area contributed by atoms with E-state index in [2.05, 4.69) is 31.2 Å². The predicted octanol–water partition coefficient (Wildman–Crippen LogP) is 4.22. The Labute approximate surface area is 129 Å². The summed E-state index contributed by atoms with van der Waals surface area (Å²) < 4.78 is 14.2. The summed E-state index contributed by atoms with van der Waals surface area (Å²) in [5, 5.41) is 3.28. The number of nitrogens with zero attached hydrogens (tertiary/aromatic N) is 2. The highest BCUT2D eigenvalue weighted by Crippen LogP contribution is 2.34. The van der Waals surface area contributed by atoms with E-state index < -0.39 is 0 Å². The maximum absolute atomic E-state index is 13.5. The molecule has 2 heterocycles. The fourth-order valence-electron chi connectivity index (χ4n) is 2.18. The summed E-state index contributed by atoms with van der Waals surface area (Å²) in [7, 11) is 0. The SMILES string of the molecule is CCNc1nc(-c2cc(F)cc(Br)c2)nc2c1CSC2. The van der Waals surface area contributed by atoms with E-state index >= 15 is 0 Å². The molecule has 1 aliphatic heterocycles. The summed E-state index contributed by atoms with van der Waals surface area (Å²) >= 11 is 5.13. The molecule has 0 unspecified atom stereocenters. The number of hydrogen-bond donors (Lipinski definition) is 1. The van der Waals surface area contributed by atoms with Crippen LogP contribution in [0.25, 0.3) is 11.4 Å². The zero-order valence-electron chi connectivity index (χ0n) is 10.9. The van der Waals surface area contributed by atoms with E-state index in [9.17, 15) is 4.39 Å². The van der Waals surface area contributed by atoms with Gasteiger partial charge in [0.05, 0.1) is 5.69 Å². The molecule has 104 valence electrons. The number of benzene rings is 1. The molecule has 20 heavy (non-hydrogen) atoms. The van der Waals surface area contributed by atoms with Crippen molar-refractivity contribution in [2.45, 2.75) is 18.4 Å². The second kappa shape index (κ2) is 5.69. The third kappa shape index (κ3) is 2.67. The summed E-state index contributed by atoms with van der Waals surface area (Å²) in [6, 6.07) is 4.73. The van der Waals surface area contributed by atoms with Crippen LogP contribution in [0.4, 0.5) is 10.2 Å². The number of anilines is 1. The van der Waals surface area contributed by atoms with E-state index in [4.69, 9.17) is 0 Å². The van der Waals surface area contributed by atoms with Crippen LogP contribution in [0.5, 0.6) is 0 Å². The molecule has 0 fully saturated rings. The molecule has 6 heteroatoms. The first kappa shape index (κ1) is 13.8. The Morgan fingerprint density at radius 1 is 1.30 bits per heavy atom. The molecule has 3 rings (SSSR count). The lowest BCUT2D eigenvalue weighted by Gasteiger charge is -2.11. The summed E-state index contributed by atoms with van der Waals surface area (Å²) in [6.07, 6.45) is 0. The second-order valence-electron chi connectivity index (χ2n) is 4.50. The summed E-state index contributed by atoms with van der Waals surface area (Å²) in [5.74, 6) is 2.97. The number of hydrogen-bond acceptors (Lipinski definition) is 4. The van der Waals surface area contributed by atoms with Crippen LogP contribution in [0.1, 0.15) is 18.2 Å². The topological polar surface area (TPSA) is 37.8 Å². The minimum absolute atomic E-state index is 0.294. The van der Waals surface area contributed by atoms with E-state index in [1.807, 2.05) is 24.8 Å². The van der Waals surface area contributed by atoms with Crippen LogP contribution in [0.3, 0.4) is 0 Å². The molecule has 0 aliphatic carbocycles. The highest BCUT2D eigenvalue weighted by molar-refractivity contribution is 9.10. The lowest BCUT2D eigenvalue weighted by Crippen LogP contribution is -2.06. The van der Waals surface area contributed by atoms with Gasteiger partial charge in [0.15, 0.2) is 5.82 Å². The van der Waals surface area contributed by atoms with Crippen LogP contribution in [-0.2, 0) is 11.5 Å². The first-order valence-corrected chi connectivity index (χ1v) is 8.30. The Balaban J connectivity index is 2.12. The van der Waals surface area contributed by atoms with Crippen molar-refractivity contribution in [3.8, 4) is 11.4 Å². The average Bonchev–Trinajstić information content (AvgIpc) is 2.86. The molecule has 0 atom stereocenters. The van der Waals surface area contributed by atoms with Crippen LogP contribution in [0.15, 0.2) is 22.7 Å². The van der Waals surface area contributed by atoms with E-state index in [0.29, 0.717) is 15.9 Å². The van der Waals surface area contributed by atoms with Crippen molar-refractivity contribution in [3.63, 3.8) is 0 Å². The molecule has 1 aromatic carbocycles. The molecule has 1 N–H and O–H groups in total. The van der Waals surface area contributed by atoms with Gasteiger partial charge in [0.1, 0.15) is 11.6 Å². The molecule has 0 saturated heterocycles. The van der Waals surface area contributed by atoms with Crippen molar-refractivity contribution < 1.29 is 4.39 Å². The van der Waals surface area contributed by atoms with Crippen LogP contribution in [0, 0.1) is 5.82 Å². The van der Waals surface area contributed by atoms with Crippen LogP contribution in [0.2, 0.25) is 0 Å². The van der Waals surface area contributed by atoms with Gasteiger partial charge in [-0.3, -0.25) is 0 Å².